The predicted octanol–water partition coefficient (Wildman–Crippen LogP) is 4.93. The SMILES string of the molecule is C=CCn1c(=S)[nH]c2cc(C(=O)Nc3nc(-c4ccc(C)cc4)cs3)ccc2c1=O. The molecule has 0 saturated carbocycles. The van der Waals surface area contributed by atoms with Crippen molar-refractivity contribution in [3.05, 3.63) is 86.8 Å². The number of carbonyl (C=O) groups is 1. The molecule has 2 N–H and O–H groups in total. The number of hydrogen-bond acceptors (Lipinski definition) is 5. The molecule has 4 aromatic rings. The smallest absolute Gasteiger partial charge is 0.262 e. The van der Waals surface area contributed by atoms with E-state index in [-0.39, 0.29) is 16.2 Å². The van der Waals surface area contributed by atoms with Gasteiger partial charge in [0.15, 0.2) is 9.90 Å². The molecule has 2 heterocycles. The van der Waals surface area contributed by atoms with Gasteiger partial charge in [-0.25, -0.2) is 4.98 Å². The van der Waals surface area contributed by atoms with Gasteiger partial charge in [0.2, 0.25) is 0 Å². The van der Waals surface area contributed by atoms with Crippen molar-refractivity contribution in [1.29, 1.82) is 0 Å². The first kappa shape index (κ1) is 19.9. The number of thiazole rings is 1. The van der Waals surface area contributed by atoms with Crippen LogP contribution in [0.15, 0.2) is 65.3 Å². The van der Waals surface area contributed by atoms with Gasteiger partial charge in [0, 0.05) is 23.1 Å². The Bertz CT molecular complexity index is 1380. The molecular formula is C22H18N4O2S2. The highest BCUT2D eigenvalue weighted by Gasteiger charge is 2.12. The van der Waals surface area contributed by atoms with Gasteiger partial charge in [-0.1, -0.05) is 35.9 Å². The number of H-pyrrole nitrogens is 1. The molecule has 2 aromatic carbocycles. The first-order valence-electron chi connectivity index (χ1n) is 9.18. The molecule has 8 heteroatoms. The molecule has 0 saturated heterocycles. The van der Waals surface area contributed by atoms with E-state index in [4.69, 9.17) is 12.2 Å². The number of hydrogen-bond donors (Lipinski definition) is 2. The van der Waals surface area contributed by atoms with Crippen LogP contribution >= 0.6 is 23.6 Å². The summed E-state index contributed by atoms with van der Waals surface area (Å²) in [4.78, 5) is 32.8. The van der Waals surface area contributed by atoms with Gasteiger partial charge in [-0.2, -0.15) is 0 Å². The summed E-state index contributed by atoms with van der Waals surface area (Å²) < 4.78 is 1.71. The molecule has 0 fully saturated rings. The first-order valence-corrected chi connectivity index (χ1v) is 10.5. The fourth-order valence-corrected chi connectivity index (χ4v) is 4.03. The van der Waals surface area contributed by atoms with Gasteiger partial charge >= 0.3 is 0 Å². The van der Waals surface area contributed by atoms with E-state index in [0.29, 0.717) is 28.1 Å². The van der Waals surface area contributed by atoms with Crippen LogP contribution in [0.2, 0.25) is 0 Å². The molecule has 0 radical (unpaired) electrons. The van der Waals surface area contributed by atoms with Crippen LogP contribution in [0, 0.1) is 11.7 Å². The molecule has 0 aliphatic heterocycles. The van der Waals surface area contributed by atoms with Gasteiger partial charge in [0.1, 0.15) is 0 Å². The van der Waals surface area contributed by atoms with Gasteiger partial charge in [0.25, 0.3) is 11.5 Å². The normalized spacial score (nSPS) is 10.8. The summed E-state index contributed by atoms with van der Waals surface area (Å²) in [6, 6.07) is 12.9. The lowest BCUT2D eigenvalue weighted by Gasteiger charge is -2.07. The Labute approximate surface area is 181 Å². The van der Waals surface area contributed by atoms with Crippen molar-refractivity contribution in [2.45, 2.75) is 13.5 Å². The maximum atomic E-state index is 12.7. The number of aromatic nitrogens is 3. The van der Waals surface area contributed by atoms with Crippen molar-refractivity contribution in [2.24, 2.45) is 0 Å². The van der Waals surface area contributed by atoms with Crippen LogP contribution < -0.4 is 10.9 Å². The third kappa shape index (κ3) is 3.87. The zero-order valence-corrected chi connectivity index (χ0v) is 17.8. The number of rotatable bonds is 5. The summed E-state index contributed by atoms with van der Waals surface area (Å²) >= 11 is 6.61. The Kier molecular flexibility index (Phi) is 5.43. The number of carbonyl (C=O) groups excluding carboxylic acids is 1. The number of nitrogens with zero attached hydrogens (tertiary/aromatic N) is 2. The van der Waals surface area contributed by atoms with Crippen LogP contribution in [0.3, 0.4) is 0 Å². The highest BCUT2D eigenvalue weighted by Crippen LogP contribution is 2.25. The van der Waals surface area contributed by atoms with Crippen molar-refractivity contribution in [2.75, 3.05) is 5.32 Å². The largest absolute Gasteiger partial charge is 0.332 e. The van der Waals surface area contributed by atoms with Crippen LogP contribution in [-0.4, -0.2) is 20.4 Å². The zero-order chi connectivity index (χ0) is 21.3. The number of allylic oxidation sites excluding steroid dienone is 1. The Hall–Kier alpha value is -3.36. The number of fused-ring (bicyclic) bond motifs is 1. The molecule has 0 atom stereocenters. The van der Waals surface area contributed by atoms with E-state index in [1.165, 1.54) is 21.5 Å². The average molecular weight is 435 g/mol. The fourth-order valence-electron chi connectivity index (χ4n) is 3.05. The standard InChI is InChI=1S/C22H18N4O2S2/c1-3-10-26-20(28)16-9-8-15(11-17(16)24-22(26)29)19(27)25-21-23-18(12-30-21)14-6-4-13(2)5-7-14/h3-9,11-12H,1,10H2,2H3,(H,24,29)(H,23,25,27). The van der Waals surface area contributed by atoms with E-state index in [1.807, 2.05) is 36.6 Å². The maximum absolute atomic E-state index is 12.7. The van der Waals surface area contributed by atoms with Gasteiger partial charge in [0.05, 0.1) is 16.6 Å². The van der Waals surface area contributed by atoms with Crippen molar-refractivity contribution in [3.8, 4) is 11.3 Å². The van der Waals surface area contributed by atoms with Crippen LogP contribution in [-0.2, 0) is 6.54 Å². The number of nitrogens with one attached hydrogen (secondary N) is 2. The summed E-state index contributed by atoms with van der Waals surface area (Å²) in [6.45, 7) is 5.99. The molecule has 1 amide bonds. The van der Waals surface area contributed by atoms with Gasteiger partial charge in [-0.15, -0.1) is 17.9 Å². The van der Waals surface area contributed by atoms with E-state index < -0.39 is 0 Å². The number of anilines is 1. The topological polar surface area (TPSA) is 79.8 Å². The lowest BCUT2D eigenvalue weighted by atomic mass is 10.1. The van der Waals surface area contributed by atoms with Crippen molar-refractivity contribution in [3.63, 3.8) is 0 Å². The molecule has 0 aliphatic rings. The van der Waals surface area contributed by atoms with Crippen molar-refractivity contribution >= 4 is 45.5 Å². The minimum Gasteiger partial charge on any atom is -0.332 e. The minimum atomic E-state index is -0.309. The molecule has 2 aromatic heterocycles. The van der Waals surface area contributed by atoms with Gasteiger partial charge < -0.3 is 4.98 Å². The molecule has 30 heavy (non-hydrogen) atoms. The molecule has 0 spiro atoms. The number of amides is 1. The van der Waals surface area contributed by atoms with Crippen molar-refractivity contribution in [1.82, 2.24) is 14.5 Å². The Morgan fingerprint density at radius 1 is 1.30 bits per heavy atom. The lowest BCUT2D eigenvalue weighted by molar-refractivity contribution is 0.102. The zero-order valence-electron chi connectivity index (χ0n) is 16.1. The summed E-state index contributed by atoms with van der Waals surface area (Å²) in [5.41, 5.74) is 3.67. The fraction of sp³-hybridized carbons (Fsp3) is 0.0909. The Morgan fingerprint density at radius 3 is 2.80 bits per heavy atom. The van der Waals surface area contributed by atoms with E-state index >= 15 is 0 Å². The second kappa shape index (κ2) is 8.17. The summed E-state index contributed by atoms with van der Waals surface area (Å²) in [6.07, 6.45) is 1.61. The number of benzene rings is 2. The second-order valence-electron chi connectivity index (χ2n) is 6.75. The third-order valence-electron chi connectivity index (χ3n) is 4.63. The summed E-state index contributed by atoms with van der Waals surface area (Å²) in [5, 5.41) is 5.68. The van der Waals surface area contributed by atoms with Crippen molar-refractivity contribution < 1.29 is 4.79 Å². The Balaban J connectivity index is 1.60. The molecule has 0 aliphatic carbocycles. The predicted molar refractivity (Wildman–Crippen MR) is 124 cm³/mol. The van der Waals surface area contributed by atoms with Crippen LogP contribution in [0.4, 0.5) is 5.13 Å². The molecule has 150 valence electrons. The first-order chi connectivity index (χ1) is 14.5. The maximum Gasteiger partial charge on any atom is 0.262 e. The molecule has 6 nitrogen and oxygen atoms in total. The monoisotopic (exact) mass is 434 g/mol. The lowest BCUT2D eigenvalue weighted by Crippen LogP contribution is -2.22. The second-order valence-corrected chi connectivity index (χ2v) is 8.00. The van der Waals surface area contributed by atoms with E-state index in [0.717, 1.165) is 11.3 Å². The minimum absolute atomic E-state index is 0.219. The summed E-state index contributed by atoms with van der Waals surface area (Å²) in [7, 11) is 0. The van der Waals surface area contributed by atoms with Crippen LogP contribution in [0.5, 0.6) is 0 Å². The molecule has 0 unspecified atom stereocenters. The Morgan fingerprint density at radius 2 is 2.07 bits per heavy atom. The van der Waals surface area contributed by atoms with Gasteiger partial charge in [-0.3, -0.25) is 19.5 Å². The summed E-state index contributed by atoms with van der Waals surface area (Å²) in [5.74, 6) is -0.309. The molecular weight excluding hydrogens is 416 g/mol. The van der Waals surface area contributed by atoms with Gasteiger partial charge in [-0.05, 0) is 37.3 Å². The highest BCUT2D eigenvalue weighted by molar-refractivity contribution is 7.71. The molecule has 4 rings (SSSR count). The third-order valence-corrected chi connectivity index (χ3v) is 5.71. The molecule has 0 bridgehead atoms. The number of aromatic amines is 1. The highest BCUT2D eigenvalue weighted by atomic mass is 32.1. The average Bonchev–Trinajstić information content (AvgIpc) is 3.19. The quantitative estimate of drug-likeness (QED) is 0.345. The van der Waals surface area contributed by atoms with E-state index in [1.54, 1.807) is 24.3 Å². The van der Waals surface area contributed by atoms with Crippen LogP contribution in [0.1, 0.15) is 15.9 Å². The van der Waals surface area contributed by atoms with Crippen LogP contribution in [0.25, 0.3) is 22.2 Å². The van der Waals surface area contributed by atoms with E-state index in [2.05, 4.69) is 21.9 Å². The van der Waals surface area contributed by atoms with E-state index in [9.17, 15) is 9.59 Å². The number of aryl methyl sites for hydroxylation is 1.